The number of anilines is 1. The number of nitrogens with one attached hydrogen (secondary N) is 1. The summed E-state index contributed by atoms with van der Waals surface area (Å²) in [6, 6.07) is 19.7. The molecule has 15 heteroatoms. The zero-order valence-corrected chi connectivity index (χ0v) is 28.0. The Hall–Kier alpha value is -3.80. The molecule has 2 saturated heterocycles. The molecular weight excluding hydrogens is 675 g/mol. The summed E-state index contributed by atoms with van der Waals surface area (Å²) in [5.74, 6) is -2.55. The van der Waals surface area contributed by atoms with Crippen molar-refractivity contribution in [3.05, 3.63) is 101 Å². The maximum absolute atomic E-state index is 13.6. The van der Waals surface area contributed by atoms with Crippen molar-refractivity contribution in [2.45, 2.75) is 75.1 Å². The van der Waals surface area contributed by atoms with Crippen LogP contribution in [0.2, 0.25) is 0 Å². The van der Waals surface area contributed by atoms with Crippen LogP contribution in [-0.2, 0) is 42.1 Å². The van der Waals surface area contributed by atoms with Gasteiger partial charge in [0.2, 0.25) is 15.9 Å². The minimum atomic E-state index is -3.27. The minimum Gasteiger partial charge on any atom is -0.479 e. The van der Waals surface area contributed by atoms with Crippen LogP contribution < -0.4 is 9.62 Å². The highest BCUT2D eigenvalue weighted by Crippen LogP contribution is 2.46. The molecule has 1 amide bonds. The third-order valence-electron chi connectivity index (χ3n) is 9.01. The Balaban J connectivity index is 1.28. The highest BCUT2D eigenvalue weighted by Gasteiger charge is 2.49. The second kappa shape index (κ2) is 16.0. The molecule has 3 aromatic carbocycles. The number of aliphatic carboxylic acids is 1. The number of β-lactam (4-membered cyclic amide) rings is 1. The van der Waals surface area contributed by atoms with Gasteiger partial charge in [0.15, 0.2) is 12.4 Å². The second-order valence-electron chi connectivity index (χ2n) is 12.6. The van der Waals surface area contributed by atoms with Crippen molar-refractivity contribution in [1.29, 1.82) is 0 Å². The van der Waals surface area contributed by atoms with Crippen LogP contribution in [-0.4, -0.2) is 89.3 Å². The molecule has 6 N–H and O–H groups in total. The van der Waals surface area contributed by atoms with Gasteiger partial charge < -0.3 is 39.9 Å². The van der Waals surface area contributed by atoms with Gasteiger partial charge in [-0.05, 0) is 72.2 Å². The van der Waals surface area contributed by atoms with Gasteiger partial charge in [-0.25, -0.2) is 22.3 Å². The molecule has 2 heterocycles. The number of carboxylic acids is 1. The topological polar surface area (TPSA) is 203 Å². The number of carbonyl (C=O) groups is 2. The van der Waals surface area contributed by atoms with Gasteiger partial charge in [0.25, 0.3) is 0 Å². The fourth-order valence-electron chi connectivity index (χ4n) is 6.30. The number of hydrogen-bond donors (Lipinski definition) is 6. The second-order valence-corrected chi connectivity index (χ2v) is 14.5. The van der Waals surface area contributed by atoms with E-state index in [-0.39, 0.29) is 25.0 Å². The molecule has 0 saturated carbocycles. The Labute approximate surface area is 288 Å². The number of aliphatic hydroxyl groups is 4. The highest BCUT2D eigenvalue weighted by molar-refractivity contribution is 7.88. The molecule has 5 rings (SSSR count). The van der Waals surface area contributed by atoms with Crippen molar-refractivity contribution in [3.8, 4) is 0 Å². The van der Waals surface area contributed by atoms with Crippen molar-refractivity contribution < 1.29 is 57.4 Å². The quantitative estimate of drug-likeness (QED) is 0.0991. The number of aliphatic hydroxyl groups excluding tert-OH is 4. The number of hydrogen-bond acceptors (Lipinski definition) is 10. The van der Waals surface area contributed by atoms with Crippen molar-refractivity contribution in [2.24, 2.45) is 5.92 Å². The van der Waals surface area contributed by atoms with Gasteiger partial charge in [0.05, 0.1) is 30.9 Å². The lowest BCUT2D eigenvalue weighted by Gasteiger charge is -2.48. The number of nitrogens with zero attached hydrogens (tertiary/aromatic N) is 1. The fourth-order valence-corrected chi connectivity index (χ4v) is 6.82. The van der Waals surface area contributed by atoms with Crippen LogP contribution in [0.15, 0.2) is 72.8 Å². The molecule has 0 radical (unpaired) electrons. The zero-order valence-electron chi connectivity index (χ0n) is 27.2. The molecule has 0 aliphatic carbocycles. The number of carboxylic acid groups (broad SMARTS) is 1. The first-order valence-corrected chi connectivity index (χ1v) is 18.1. The first-order valence-electron chi connectivity index (χ1n) is 16.2. The maximum Gasteiger partial charge on any atom is 0.335 e. The number of benzene rings is 3. The fraction of sp³-hybridized carbons (Fsp3) is 0.429. The summed E-state index contributed by atoms with van der Waals surface area (Å²) < 4.78 is 49.1. The standard InChI is InChI=1S/C35H41FN2O11S/c1-50(46,47)37-18-2-3-20-6-14-25(15-7-20)38-28(26(33(38)42)16-17-27(39)22-10-12-24(36)13-11-22)23-8-4-21(5-9-23)19-48-32-30(41)29(40)31(34(43)44)49-35(32)45/h4-15,26-32,35,37,39-41,45H,2-3,16-19H2,1H3,(H,43,44)/t26-,27+,28-,29+,30+,31+,32-,35-/m1/s1. The van der Waals surface area contributed by atoms with Gasteiger partial charge in [-0.1, -0.05) is 48.5 Å². The third-order valence-corrected chi connectivity index (χ3v) is 9.74. The van der Waals surface area contributed by atoms with Gasteiger partial charge in [0.1, 0.15) is 24.1 Å². The minimum absolute atomic E-state index is 0.116. The molecular formula is C35H41FN2O11S. The van der Waals surface area contributed by atoms with E-state index in [0.717, 1.165) is 17.4 Å². The smallest absolute Gasteiger partial charge is 0.335 e. The van der Waals surface area contributed by atoms with Crippen molar-refractivity contribution in [2.75, 3.05) is 17.7 Å². The lowest BCUT2D eigenvalue weighted by molar-refractivity contribution is -0.291. The summed E-state index contributed by atoms with van der Waals surface area (Å²) in [6.07, 6.45) is -6.46. The third kappa shape index (κ3) is 8.91. The van der Waals surface area contributed by atoms with Crippen LogP contribution in [0.25, 0.3) is 0 Å². The van der Waals surface area contributed by atoms with E-state index >= 15 is 0 Å². The average molecular weight is 717 g/mol. The van der Waals surface area contributed by atoms with Gasteiger partial charge >= 0.3 is 5.97 Å². The largest absolute Gasteiger partial charge is 0.479 e. The molecule has 2 fully saturated rings. The van der Waals surface area contributed by atoms with Gasteiger partial charge in [0, 0.05) is 12.2 Å². The summed E-state index contributed by atoms with van der Waals surface area (Å²) in [6.45, 7) is 0.192. The number of rotatable bonds is 15. The molecule has 0 spiro atoms. The van der Waals surface area contributed by atoms with Crippen LogP contribution >= 0.6 is 0 Å². The van der Waals surface area contributed by atoms with E-state index in [9.17, 15) is 42.8 Å². The van der Waals surface area contributed by atoms with Crippen LogP contribution in [0.1, 0.15) is 53.7 Å². The maximum atomic E-state index is 13.6. The number of halogens is 1. The van der Waals surface area contributed by atoms with Gasteiger partial charge in [-0.15, -0.1) is 0 Å². The summed E-state index contributed by atoms with van der Waals surface area (Å²) >= 11 is 0. The SMILES string of the molecule is CS(=O)(=O)NCCCc1ccc(N2C(=O)[C@H](CC[C@H](O)c3ccc(F)cc3)[C@H]2c2ccc(CO[C@@H]3[C@@H](O)[C@H](O)[C@@H](C(=O)O)O[C@H]3O)cc2)cc1. The van der Waals surface area contributed by atoms with E-state index < -0.39 is 64.5 Å². The van der Waals surface area contributed by atoms with Gasteiger partial charge in [-0.3, -0.25) is 4.79 Å². The number of ether oxygens (including phenoxy) is 2. The van der Waals surface area contributed by atoms with Crippen LogP contribution in [0.5, 0.6) is 0 Å². The van der Waals surface area contributed by atoms with Crippen molar-refractivity contribution in [3.63, 3.8) is 0 Å². The number of carbonyl (C=O) groups excluding carboxylic acids is 1. The lowest BCUT2D eigenvalue weighted by Crippen LogP contribution is -2.60. The summed E-state index contributed by atoms with van der Waals surface area (Å²) in [7, 11) is -3.27. The van der Waals surface area contributed by atoms with Crippen LogP contribution in [0.4, 0.5) is 10.1 Å². The van der Waals surface area contributed by atoms with Crippen LogP contribution in [0.3, 0.4) is 0 Å². The molecule has 50 heavy (non-hydrogen) atoms. The normalized spacial score (nSPS) is 26.0. The number of sulfonamides is 1. The molecule has 2 aliphatic heterocycles. The molecule has 0 aromatic heterocycles. The molecule has 13 nitrogen and oxygen atoms in total. The first-order chi connectivity index (χ1) is 23.7. The van der Waals surface area contributed by atoms with E-state index in [1.54, 1.807) is 17.0 Å². The molecule has 3 aromatic rings. The highest BCUT2D eigenvalue weighted by atomic mass is 32.2. The monoisotopic (exact) mass is 716 g/mol. The Morgan fingerprint density at radius 1 is 0.980 bits per heavy atom. The van der Waals surface area contributed by atoms with E-state index in [4.69, 9.17) is 14.6 Å². The molecule has 8 atom stereocenters. The van der Waals surface area contributed by atoms with E-state index in [0.29, 0.717) is 42.6 Å². The number of amides is 1. The zero-order chi connectivity index (χ0) is 36.2. The summed E-state index contributed by atoms with van der Waals surface area (Å²) in [5, 5.41) is 50.6. The summed E-state index contributed by atoms with van der Waals surface area (Å²) in [4.78, 5) is 26.5. The average Bonchev–Trinajstić information content (AvgIpc) is 3.07. The number of aryl methyl sites for hydroxylation is 1. The van der Waals surface area contributed by atoms with E-state index in [1.807, 2.05) is 36.4 Å². The Morgan fingerprint density at radius 2 is 1.62 bits per heavy atom. The Bertz CT molecular complexity index is 1720. The molecule has 2 aliphatic rings. The molecule has 0 unspecified atom stereocenters. The Morgan fingerprint density at radius 3 is 2.24 bits per heavy atom. The Kier molecular flexibility index (Phi) is 12.0. The van der Waals surface area contributed by atoms with E-state index in [2.05, 4.69) is 4.72 Å². The predicted molar refractivity (Wildman–Crippen MR) is 177 cm³/mol. The predicted octanol–water partition coefficient (Wildman–Crippen LogP) is 1.93. The summed E-state index contributed by atoms with van der Waals surface area (Å²) in [5.41, 5.74) is 3.60. The first kappa shape index (κ1) is 37.5. The molecule has 0 bridgehead atoms. The van der Waals surface area contributed by atoms with Gasteiger partial charge in [-0.2, -0.15) is 0 Å². The lowest BCUT2D eigenvalue weighted by atomic mass is 9.78. The van der Waals surface area contributed by atoms with E-state index in [1.165, 1.54) is 24.3 Å². The van der Waals surface area contributed by atoms with Crippen LogP contribution in [0, 0.1) is 11.7 Å². The molecule has 270 valence electrons. The van der Waals surface area contributed by atoms with Crippen molar-refractivity contribution >= 4 is 27.6 Å². The van der Waals surface area contributed by atoms with Crippen molar-refractivity contribution in [1.82, 2.24) is 4.72 Å².